The van der Waals surface area contributed by atoms with E-state index < -0.39 is 5.54 Å². The number of anilines is 2. The number of nitrogens with one attached hydrogen (secondary N) is 2. The smallest absolute Gasteiger partial charge is 0.250 e. The topological polar surface area (TPSA) is 41.1 Å². The molecular formula is C14H17ClN2O. The highest BCUT2D eigenvalue weighted by atomic mass is 35.5. The molecule has 2 N–H and O–H groups in total. The van der Waals surface area contributed by atoms with E-state index in [2.05, 4.69) is 17.6 Å². The van der Waals surface area contributed by atoms with Crippen molar-refractivity contribution >= 4 is 28.9 Å². The van der Waals surface area contributed by atoms with Crippen LogP contribution in [0, 0.1) is 5.92 Å². The molecule has 2 atom stereocenters. The number of hydrogen-bond donors (Lipinski definition) is 2. The molecule has 1 aliphatic heterocycles. The summed E-state index contributed by atoms with van der Waals surface area (Å²) in [5.41, 5.74) is 1.19. The van der Waals surface area contributed by atoms with Gasteiger partial charge in [0.1, 0.15) is 5.54 Å². The number of fused-ring (bicyclic) bond motifs is 1. The first-order valence-corrected chi connectivity index (χ1v) is 6.87. The summed E-state index contributed by atoms with van der Waals surface area (Å²) in [6.07, 6.45) is 4.05. The lowest BCUT2D eigenvalue weighted by molar-refractivity contribution is -0.122. The van der Waals surface area contributed by atoms with Crippen molar-refractivity contribution in [2.24, 2.45) is 5.92 Å². The average Bonchev–Trinajstić information content (AvgIpc) is 2.32. The van der Waals surface area contributed by atoms with Gasteiger partial charge in [0.2, 0.25) is 5.91 Å². The molecule has 1 fully saturated rings. The van der Waals surface area contributed by atoms with Crippen LogP contribution in [0.3, 0.4) is 0 Å². The maximum atomic E-state index is 12.4. The van der Waals surface area contributed by atoms with Gasteiger partial charge in [-0.1, -0.05) is 37.4 Å². The van der Waals surface area contributed by atoms with Crippen LogP contribution in [-0.4, -0.2) is 11.4 Å². The van der Waals surface area contributed by atoms with E-state index in [0.717, 1.165) is 30.6 Å². The molecule has 0 aromatic heterocycles. The van der Waals surface area contributed by atoms with Crippen molar-refractivity contribution in [2.75, 3.05) is 10.6 Å². The number of halogens is 1. The first-order valence-electron chi connectivity index (χ1n) is 6.49. The molecule has 96 valence electrons. The molecule has 0 radical (unpaired) electrons. The lowest BCUT2D eigenvalue weighted by Gasteiger charge is -2.43. The van der Waals surface area contributed by atoms with E-state index in [-0.39, 0.29) is 5.91 Å². The number of carbonyl (C=O) groups is 1. The summed E-state index contributed by atoms with van der Waals surface area (Å²) in [6.45, 7) is 2.21. The van der Waals surface area contributed by atoms with Crippen LogP contribution in [0.15, 0.2) is 18.2 Å². The van der Waals surface area contributed by atoms with E-state index in [1.54, 1.807) is 0 Å². The van der Waals surface area contributed by atoms with Gasteiger partial charge in [0.05, 0.1) is 16.4 Å². The Hall–Kier alpha value is -1.22. The molecular weight excluding hydrogens is 248 g/mol. The molecule has 3 rings (SSSR count). The Kier molecular flexibility index (Phi) is 2.74. The summed E-state index contributed by atoms with van der Waals surface area (Å²) in [5, 5.41) is 7.08. The van der Waals surface area contributed by atoms with Gasteiger partial charge in [-0.05, 0) is 30.9 Å². The Bertz CT molecular complexity index is 503. The van der Waals surface area contributed by atoms with E-state index in [4.69, 9.17) is 11.6 Å². The molecule has 1 amide bonds. The summed E-state index contributed by atoms with van der Waals surface area (Å²) < 4.78 is 0. The molecule has 1 aromatic carbocycles. The number of carbonyl (C=O) groups excluding carboxylic acids is 1. The quantitative estimate of drug-likeness (QED) is 0.751. The minimum absolute atomic E-state index is 0.0869. The normalized spacial score (nSPS) is 30.6. The monoisotopic (exact) mass is 264 g/mol. The lowest BCUT2D eigenvalue weighted by atomic mass is 9.74. The van der Waals surface area contributed by atoms with Crippen LogP contribution in [0.25, 0.3) is 0 Å². The highest BCUT2D eigenvalue weighted by Gasteiger charge is 2.44. The van der Waals surface area contributed by atoms with E-state index in [9.17, 15) is 4.79 Å². The van der Waals surface area contributed by atoms with Gasteiger partial charge >= 0.3 is 0 Å². The summed E-state index contributed by atoms with van der Waals surface area (Å²) >= 11 is 6.21. The van der Waals surface area contributed by atoms with E-state index >= 15 is 0 Å². The third-order valence-corrected chi connectivity index (χ3v) is 4.37. The number of amides is 1. The summed E-state index contributed by atoms with van der Waals surface area (Å²) in [7, 11) is 0. The molecule has 4 heteroatoms. The highest BCUT2D eigenvalue weighted by molar-refractivity contribution is 6.34. The van der Waals surface area contributed by atoms with Crippen molar-refractivity contribution < 1.29 is 4.79 Å². The van der Waals surface area contributed by atoms with Crippen molar-refractivity contribution in [3.8, 4) is 0 Å². The minimum atomic E-state index is -0.463. The molecule has 1 aromatic rings. The highest BCUT2D eigenvalue weighted by Crippen LogP contribution is 2.43. The SMILES string of the molecule is CC1CCCC2(C1)Nc1c(Cl)cccc1NC2=O. The molecule has 18 heavy (non-hydrogen) atoms. The predicted molar refractivity (Wildman–Crippen MR) is 74.1 cm³/mol. The number of para-hydroxylation sites is 1. The fourth-order valence-corrected chi connectivity index (χ4v) is 3.39. The Morgan fingerprint density at radius 2 is 2.28 bits per heavy atom. The van der Waals surface area contributed by atoms with Gasteiger partial charge in [-0.2, -0.15) is 0 Å². The molecule has 0 saturated heterocycles. The molecule has 3 nitrogen and oxygen atoms in total. The van der Waals surface area contributed by atoms with Crippen LogP contribution in [0.5, 0.6) is 0 Å². The summed E-state index contributed by atoms with van der Waals surface area (Å²) in [5.74, 6) is 0.657. The zero-order chi connectivity index (χ0) is 12.8. The van der Waals surface area contributed by atoms with Crippen molar-refractivity contribution in [1.29, 1.82) is 0 Å². The molecule has 0 bridgehead atoms. The zero-order valence-corrected chi connectivity index (χ0v) is 11.2. The van der Waals surface area contributed by atoms with Crippen LogP contribution < -0.4 is 10.6 Å². The Morgan fingerprint density at radius 1 is 1.44 bits per heavy atom. The van der Waals surface area contributed by atoms with Crippen LogP contribution in [0.2, 0.25) is 5.02 Å². The molecule has 1 aliphatic carbocycles. The second-order valence-electron chi connectivity index (χ2n) is 5.53. The second kappa shape index (κ2) is 4.16. The van der Waals surface area contributed by atoms with Gasteiger partial charge in [-0.3, -0.25) is 4.79 Å². The standard InChI is InChI=1S/C14H17ClN2O/c1-9-4-3-7-14(8-9)13(18)16-11-6-2-5-10(15)12(11)17-14/h2,5-6,9,17H,3-4,7-8H2,1H3,(H,16,18). The van der Waals surface area contributed by atoms with Crippen LogP contribution in [0.1, 0.15) is 32.6 Å². The fourth-order valence-electron chi connectivity index (χ4n) is 3.16. The zero-order valence-electron chi connectivity index (χ0n) is 10.4. The second-order valence-corrected chi connectivity index (χ2v) is 5.93. The third-order valence-electron chi connectivity index (χ3n) is 4.06. The minimum Gasteiger partial charge on any atom is -0.368 e. The fraction of sp³-hybridized carbons (Fsp3) is 0.500. The van der Waals surface area contributed by atoms with E-state index in [1.807, 2.05) is 18.2 Å². The molecule has 1 spiro atoms. The maximum absolute atomic E-state index is 12.4. The van der Waals surface area contributed by atoms with E-state index in [1.165, 1.54) is 6.42 Å². The molecule has 2 aliphatic rings. The van der Waals surface area contributed by atoms with Crippen LogP contribution >= 0.6 is 11.6 Å². The third kappa shape index (κ3) is 1.77. The van der Waals surface area contributed by atoms with Crippen molar-refractivity contribution in [2.45, 2.75) is 38.1 Å². The predicted octanol–water partition coefficient (Wildman–Crippen LogP) is 3.65. The number of benzene rings is 1. The van der Waals surface area contributed by atoms with Gasteiger partial charge in [0.15, 0.2) is 0 Å². The van der Waals surface area contributed by atoms with Crippen molar-refractivity contribution in [3.05, 3.63) is 23.2 Å². The number of hydrogen-bond acceptors (Lipinski definition) is 2. The van der Waals surface area contributed by atoms with Crippen LogP contribution in [0.4, 0.5) is 11.4 Å². The largest absolute Gasteiger partial charge is 0.368 e. The lowest BCUT2D eigenvalue weighted by Crippen LogP contribution is -2.54. The van der Waals surface area contributed by atoms with Crippen molar-refractivity contribution in [3.63, 3.8) is 0 Å². The van der Waals surface area contributed by atoms with Gasteiger partial charge in [0.25, 0.3) is 0 Å². The molecule has 2 unspecified atom stereocenters. The Balaban J connectivity index is 2.00. The van der Waals surface area contributed by atoms with Gasteiger partial charge in [0, 0.05) is 0 Å². The first kappa shape index (κ1) is 11.8. The van der Waals surface area contributed by atoms with Gasteiger partial charge in [-0.15, -0.1) is 0 Å². The average molecular weight is 265 g/mol. The molecule has 1 saturated carbocycles. The van der Waals surface area contributed by atoms with Crippen molar-refractivity contribution in [1.82, 2.24) is 0 Å². The van der Waals surface area contributed by atoms with E-state index in [0.29, 0.717) is 10.9 Å². The summed E-state index contributed by atoms with van der Waals surface area (Å²) in [6, 6.07) is 5.58. The summed E-state index contributed by atoms with van der Waals surface area (Å²) in [4.78, 5) is 12.4. The molecule has 1 heterocycles. The maximum Gasteiger partial charge on any atom is 0.250 e. The van der Waals surface area contributed by atoms with Crippen LogP contribution in [-0.2, 0) is 4.79 Å². The van der Waals surface area contributed by atoms with Gasteiger partial charge in [-0.25, -0.2) is 0 Å². The first-order chi connectivity index (χ1) is 8.61. The Labute approximate surface area is 112 Å². The Morgan fingerprint density at radius 3 is 3.06 bits per heavy atom. The van der Waals surface area contributed by atoms with Gasteiger partial charge < -0.3 is 10.6 Å². The number of rotatable bonds is 0.